The average molecular weight is 434 g/mol. The normalized spacial score (nSPS) is 10.3. The van der Waals surface area contributed by atoms with Gasteiger partial charge in [-0.2, -0.15) is 5.10 Å². The van der Waals surface area contributed by atoms with E-state index in [1.807, 2.05) is 0 Å². The highest BCUT2D eigenvalue weighted by Crippen LogP contribution is 2.18. The number of ether oxygens (including phenoxy) is 1. The van der Waals surface area contributed by atoms with Gasteiger partial charge in [0.15, 0.2) is 0 Å². The van der Waals surface area contributed by atoms with Crippen LogP contribution in [0, 0.1) is 6.92 Å². The lowest BCUT2D eigenvalue weighted by atomic mass is 10.1. The summed E-state index contributed by atoms with van der Waals surface area (Å²) in [6.07, 6.45) is 0. The number of carbonyl (C=O) groups is 4. The Morgan fingerprint density at radius 2 is 1.72 bits per heavy atom. The van der Waals surface area contributed by atoms with Gasteiger partial charge in [-0.3, -0.25) is 19.1 Å². The van der Waals surface area contributed by atoms with Crippen molar-refractivity contribution < 1.29 is 23.9 Å². The third kappa shape index (κ3) is 5.25. The van der Waals surface area contributed by atoms with Gasteiger partial charge in [0, 0.05) is 24.8 Å². The van der Waals surface area contributed by atoms with Crippen LogP contribution in [0.25, 0.3) is 0 Å². The molecule has 2 aromatic carbocycles. The van der Waals surface area contributed by atoms with Gasteiger partial charge in [0.2, 0.25) is 5.78 Å². The Hall–Kier alpha value is -4.27. The van der Waals surface area contributed by atoms with Crippen LogP contribution >= 0.6 is 0 Å². The third-order valence-electron chi connectivity index (χ3n) is 4.60. The number of esters is 1. The van der Waals surface area contributed by atoms with Gasteiger partial charge in [-0.15, -0.1) is 0 Å². The van der Waals surface area contributed by atoms with E-state index in [-0.39, 0.29) is 17.7 Å². The van der Waals surface area contributed by atoms with Gasteiger partial charge in [0.05, 0.1) is 18.4 Å². The molecule has 3 rings (SSSR count). The van der Waals surface area contributed by atoms with Crippen molar-refractivity contribution in [2.24, 2.45) is 7.05 Å². The lowest BCUT2D eigenvalue weighted by Crippen LogP contribution is -2.30. The number of amides is 2. The molecule has 0 fully saturated rings. The van der Waals surface area contributed by atoms with Gasteiger partial charge in [-0.05, 0) is 36.8 Å². The van der Waals surface area contributed by atoms with E-state index in [2.05, 4.69) is 15.7 Å². The number of Topliss-reactive ketones (excluding diaryl/α,β-unsaturated/α-hetero) is 1. The van der Waals surface area contributed by atoms with Gasteiger partial charge in [-0.25, -0.2) is 4.79 Å². The van der Waals surface area contributed by atoms with Crippen LogP contribution in [0.3, 0.4) is 0 Å². The van der Waals surface area contributed by atoms with Crippen LogP contribution in [0.1, 0.15) is 42.5 Å². The molecule has 0 atom stereocenters. The highest BCUT2D eigenvalue weighted by Gasteiger charge is 2.17. The number of methoxy groups -OCH3 is 1. The van der Waals surface area contributed by atoms with E-state index in [9.17, 15) is 19.2 Å². The Kier molecular flexibility index (Phi) is 6.79. The summed E-state index contributed by atoms with van der Waals surface area (Å²) in [6, 6.07) is 14.4. The van der Waals surface area contributed by atoms with E-state index in [0.717, 1.165) is 0 Å². The molecule has 1 aromatic heterocycles. The molecular weight excluding hydrogens is 412 g/mol. The van der Waals surface area contributed by atoms with E-state index in [0.29, 0.717) is 22.6 Å². The predicted octanol–water partition coefficient (Wildman–Crippen LogP) is 2.27. The number of ketones is 1. The Morgan fingerprint density at radius 1 is 1.00 bits per heavy atom. The highest BCUT2D eigenvalue weighted by molar-refractivity contribution is 6.42. The van der Waals surface area contributed by atoms with E-state index in [4.69, 9.17) is 4.74 Å². The second-order valence-corrected chi connectivity index (χ2v) is 7.04. The van der Waals surface area contributed by atoms with E-state index < -0.39 is 23.6 Å². The molecule has 0 unspecified atom stereocenters. The second-order valence-electron chi connectivity index (χ2n) is 7.04. The molecular formula is C23H22N4O5. The van der Waals surface area contributed by atoms with Crippen LogP contribution in [-0.2, 0) is 23.1 Å². The summed E-state index contributed by atoms with van der Waals surface area (Å²) in [4.78, 5) is 49.2. The van der Waals surface area contributed by atoms with Crippen molar-refractivity contribution in [1.29, 1.82) is 0 Å². The number of aromatic nitrogens is 2. The van der Waals surface area contributed by atoms with Crippen LogP contribution in [-0.4, -0.2) is 40.5 Å². The summed E-state index contributed by atoms with van der Waals surface area (Å²) in [5.41, 5.74) is 2.31. The minimum atomic E-state index is -0.782. The topological polar surface area (TPSA) is 119 Å². The van der Waals surface area contributed by atoms with Crippen LogP contribution in [0.15, 0.2) is 54.6 Å². The Balaban J connectivity index is 1.78. The molecule has 2 N–H and O–H groups in total. The number of rotatable bonds is 7. The van der Waals surface area contributed by atoms with Gasteiger partial charge in [0.1, 0.15) is 5.69 Å². The van der Waals surface area contributed by atoms with Crippen molar-refractivity contribution in [2.45, 2.75) is 13.5 Å². The first-order valence-electron chi connectivity index (χ1n) is 9.70. The Labute approximate surface area is 184 Å². The van der Waals surface area contributed by atoms with Gasteiger partial charge < -0.3 is 15.4 Å². The molecule has 164 valence electrons. The molecule has 3 aromatic rings. The smallest absolute Gasteiger partial charge is 0.337 e. The maximum Gasteiger partial charge on any atom is 0.337 e. The fourth-order valence-electron chi connectivity index (χ4n) is 3.10. The SMILES string of the molecule is COC(=O)c1cc(CNC(=O)C(=O)c2ccccc2)cc(NC(=O)c2cc(C)nn2C)c1. The zero-order valence-electron chi connectivity index (χ0n) is 17.8. The first-order chi connectivity index (χ1) is 15.3. The number of anilines is 1. The number of nitrogens with zero attached hydrogens (tertiary/aromatic N) is 2. The minimum Gasteiger partial charge on any atom is -0.465 e. The zero-order valence-corrected chi connectivity index (χ0v) is 17.8. The molecule has 0 bridgehead atoms. The van der Waals surface area contributed by atoms with Gasteiger partial charge in [0.25, 0.3) is 11.8 Å². The first kappa shape index (κ1) is 22.4. The van der Waals surface area contributed by atoms with Crippen LogP contribution < -0.4 is 10.6 Å². The van der Waals surface area contributed by atoms with E-state index in [1.165, 1.54) is 23.9 Å². The molecule has 0 aliphatic rings. The largest absolute Gasteiger partial charge is 0.465 e. The quantitative estimate of drug-likeness (QED) is 0.334. The van der Waals surface area contributed by atoms with Crippen molar-refractivity contribution in [2.75, 3.05) is 12.4 Å². The zero-order chi connectivity index (χ0) is 23.3. The molecule has 9 nitrogen and oxygen atoms in total. The molecule has 2 amide bonds. The fraction of sp³-hybridized carbons (Fsp3) is 0.174. The van der Waals surface area contributed by atoms with E-state index >= 15 is 0 Å². The molecule has 0 aliphatic carbocycles. The number of nitrogens with one attached hydrogen (secondary N) is 2. The number of hydrogen-bond acceptors (Lipinski definition) is 6. The molecule has 32 heavy (non-hydrogen) atoms. The number of benzene rings is 2. The summed E-state index contributed by atoms with van der Waals surface area (Å²) < 4.78 is 6.22. The number of carbonyl (C=O) groups excluding carboxylic acids is 4. The number of hydrogen-bond donors (Lipinski definition) is 2. The monoisotopic (exact) mass is 434 g/mol. The minimum absolute atomic E-state index is 0.0318. The number of aryl methyl sites for hydroxylation is 2. The molecule has 0 radical (unpaired) electrons. The van der Waals surface area contributed by atoms with Crippen molar-refractivity contribution >= 4 is 29.3 Å². The highest BCUT2D eigenvalue weighted by atomic mass is 16.5. The van der Waals surface area contributed by atoms with Crippen molar-refractivity contribution in [1.82, 2.24) is 15.1 Å². The van der Waals surface area contributed by atoms with Crippen molar-refractivity contribution in [3.05, 3.63) is 82.7 Å². The summed E-state index contributed by atoms with van der Waals surface area (Å²) in [5, 5.41) is 9.40. The molecule has 0 saturated carbocycles. The molecule has 9 heteroatoms. The van der Waals surface area contributed by atoms with Gasteiger partial charge >= 0.3 is 5.97 Å². The second kappa shape index (κ2) is 9.69. The van der Waals surface area contributed by atoms with Crippen molar-refractivity contribution in [3.63, 3.8) is 0 Å². The summed E-state index contributed by atoms with van der Waals surface area (Å²) >= 11 is 0. The lowest BCUT2D eigenvalue weighted by molar-refractivity contribution is -0.117. The predicted molar refractivity (Wildman–Crippen MR) is 116 cm³/mol. The molecule has 0 aliphatic heterocycles. The van der Waals surface area contributed by atoms with Crippen LogP contribution in [0.5, 0.6) is 0 Å². The molecule has 0 spiro atoms. The molecule has 1 heterocycles. The van der Waals surface area contributed by atoms with Crippen LogP contribution in [0.4, 0.5) is 5.69 Å². The molecule has 0 saturated heterocycles. The average Bonchev–Trinajstić information content (AvgIpc) is 3.14. The van der Waals surface area contributed by atoms with E-state index in [1.54, 1.807) is 56.4 Å². The maximum absolute atomic E-state index is 12.6. The Morgan fingerprint density at radius 3 is 2.34 bits per heavy atom. The lowest BCUT2D eigenvalue weighted by Gasteiger charge is -2.11. The fourth-order valence-corrected chi connectivity index (χ4v) is 3.10. The summed E-state index contributed by atoms with van der Waals surface area (Å²) in [7, 11) is 2.89. The van der Waals surface area contributed by atoms with Crippen molar-refractivity contribution in [3.8, 4) is 0 Å². The maximum atomic E-state index is 12.6. The summed E-state index contributed by atoms with van der Waals surface area (Å²) in [6.45, 7) is 1.74. The standard InChI is InChI=1S/C23H22N4O5/c1-14-9-19(27(2)26-14)21(29)25-18-11-15(10-17(12-18)23(31)32-3)13-24-22(30)20(28)16-7-5-4-6-8-16/h4-12H,13H2,1-3H3,(H,24,30)(H,25,29). The van der Waals surface area contributed by atoms with Crippen LogP contribution in [0.2, 0.25) is 0 Å². The first-order valence-corrected chi connectivity index (χ1v) is 9.70. The van der Waals surface area contributed by atoms with Gasteiger partial charge in [-0.1, -0.05) is 30.3 Å². The summed E-state index contributed by atoms with van der Waals surface area (Å²) in [5.74, 6) is -2.47. The third-order valence-corrected chi connectivity index (χ3v) is 4.60. The Bertz CT molecular complexity index is 1180.